The van der Waals surface area contributed by atoms with Crippen LogP contribution in [0.5, 0.6) is 0 Å². The fourth-order valence-electron chi connectivity index (χ4n) is 2.04. The van der Waals surface area contributed by atoms with E-state index in [4.69, 9.17) is 0 Å². The normalized spacial score (nSPS) is 27.9. The van der Waals surface area contributed by atoms with Gasteiger partial charge in [0, 0.05) is 19.3 Å². The van der Waals surface area contributed by atoms with Crippen LogP contribution in [-0.4, -0.2) is 12.1 Å². The fourth-order valence-corrected chi connectivity index (χ4v) is 2.04. The van der Waals surface area contributed by atoms with Gasteiger partial charge in [-0.25, -0.2) is 0 Å². The molecule has 0 aromatic carbocycles. The molecular weight excluding hydrogens is 158 g/mol. The molecule has 0 amide bonds. The summed E-state index contributed by atoms with van der Waals surface area (Å²) in [5.74, 6) is 0. The van der Waals surface area contributed by atoms with Crippen molar-refractivity contribution in [2.45, 2.75) is 38.3 Å². The Hall–Kier alpha value is -0.820. The summed E-state index contributed by atoms with van der Waals surface area (Å²) in [5, 5.41) is 2.44. The number of hydrogen-bond donors (Lipinski definition) is 1. The van der Waals surface area contributed by atoms with E-state index in [1.807, 2.05) is 12.2 Å². The summed E-state index contributed by atoms with van der Waals surface area (Å²) < 4.78 is 0. The van der Waals surface area contributed by atoms with Crippen molar-refractivity contribution < 1.29 is 5.32 Å². The lowest BCUT2D eigenvalue weighted by Gasteiger charge is -2.24. The maximum atomic E-state index is 3.79. The van der Waals surface area contributed by atoms with E-state index in [9.17, 15) is 0 Å². The third-order valence-corrected chi connectivity index (χ3v) is 2.51. The summed E-state index contributed by atoms with van der Waals surface area (Å²) in [6.45, 7) is 9.79. The second-order valence-electron chi connectivity index (χ2n) is 3.88. The van der Waals surface area contributed by atoms with E-state index in [0.717, 1.165) is 12.8 Å². The standard InChI is InChI=1S/C12H19N/c1-4-6-11-8-10(3)9-12(13-11)7-5-2/h4-5,8,11-13H,1-2,6-7,9H2,3H3/p+1/t11-,12+/m1/s1. The maximum absolute atomic E-state index is 3.79. The van der Waals surface area contributed by atoms with E-state index in [1.54, 1.807) is 0 Å². The van der Waals surface area contributed by atoms with Gasteiger partial charge in [0.05, 0.1) is 6.04 Å². The molecule has 2 atom stereocenters. The van der Waals surface area contributed by atoms with Crippen molar-refractivity contribution in [1.29, 1.82) is 0 Å². The third kappa shape index (κ3) is 3.19. The molecule has 1 nitrogen and oxygen atoms in total. The Morgan fingerprint density at radius 1 is 1.46 bits per heavy atom. The third-order valence-electron chi connectivity index (χ3n) is 2.51. The van der Waals surface area contributed by atoms with Gasteiger partial charge in [0.25, 0.3) is 0 Å². The number of rotatable bonds is 4. The first-order chi connectivity index (χ1) is 6.26. The lowest BCUT2D eigenvalue weighted by molar-refractivity contribution is -0.713. The van der Waals surface area contributed by atoms with E-state index in [2.05, 4.69) is 31.5 Å². The Balaban J connectivity index is 2.53. The van der Waals surface area contributed by atoms with Crippen LogP contribution in [0.25, 0.3) is 0 Å². The first kappa shape index (κ1) is 10.3. The van der Waals surface area contributed by atoms with Gasteiger partial charge in [-0.2, -0.15) is 0 Å². The van der Waals surface area contributed by atoms with E-state index in [1.165, 1.54) is 12.0 Å². The predicted molar refractivity (Wildman–Crippen MR) is 57.5 cm³/mol. The van der Waals surface area contributed by atoms with Crippen molar-refractivity contribution in [2.24, 2.45) is 0 Å². The van der Waals surface area contributed by atoms with Crippen LogP contribution < -0.4 is 5.32 Å². The number of nitrogens with two attached hydrogens (primary N) is 1. The highest BCUT2D eigenvalue weighted by Gasteiger charge is 2.21. The van der Waals surface area contributed by atoms with Crippen LogP contribution in [0.1, 0.15) is 26.2 Å². The second kappa shape index (κ2) is 5.03. The molecule has 1 heterocycles. The van der Waals surface area contributed by atoms with Crippen LogP contribution >= 0.6 is 0 Å². The zero-order valence-corrected chi connectivity index (χ0v) is 8.50. The average molecular weight is 178 g/mol. The molecule has 13 heavy (non-hydrogen) atoms. The Morgan fingerprint density at radius 2 is 2.15 bits per heavy atom. The fraction of sp³-hybridized carbons (Fsp3) is 0.500. The summed E-state index contributed by atoms with van der Waals surface area (Å²) in [4.78, 5) is 0. The van der Waals surface area contributed by atoms with Gasteiger partial charge in [0.2, 0.25) is 0 Å². The molecule has 0 bridgehead atoms. The minimum Gasteiger partial charge on any atom is -0.337 e. The van der Waals surface area contributed by atoms with E-state index in [-0.39, 0.29) is 0 Å². The Bertz CT molecular complexity index is 215. The van der Waals surface area contributed by atoms with Crippen molar-refractivity contribution >= 4 is 0 Å². The maximum Gasteiger partial charge on any atom is 0.108 e. The zero-order chi connectivity index (χ0) is 9.68. The van der Waals surface area contributed by atoms with Crippen molar-refractivity contribution in [3.05, 3.63) is 37.0 Å². The molecule has 1 heteroatoms. The number of quaternary nitrogens is 1. The van der Waals surface area contributed by atoms with Crippen LogP contribution in [0.15, 0.2) is 37.0 Å². The van der Waals surface area contributed by atoms with Gasteiger partial charge < -0.3 is 5.32 Å². The van der Waals surface area contributed by atoms with Crippen LogP contribution in [0.4, 0.5) is 0 Å². The van der Waals surface area contributed by atoms with E-state index < -0.39 is 0 Å². The zero-order valence-electron chi connectivity index (χ0n) is 8.50. The molecule has 0 saturated carbocycles. The van der Waals surface area contributed by atoms with Crippen LogP contribution in [0.3, 0.4) is 0 Å². The largest absolute Gasteiger partial charge is 0.337 e. The topological polar surface area (TPSA) is 16.6 Å². The molecule has 0 aromatic rings. The van der Waals surface area contributed by atoms with Crippen molar-refractivity contribution in [3.63, 3.8) is 0 Å². The first-order valence-corrected chi connectivity index (χ1v) is 5.00. The van der Waals surface area contributed by atoms with Gasteiger partial charge >= 0.3 is 0 Å². The van der Waals surface area contributed by atoms with Crippen molar-refractivity contribution in [3.8, 4) is 0 Å². The Kier molecular flexibility index (Phi) is 3.97. The molecule has 0 saturated heterocycles. The molecule has 0 fully saturated rings. The van der Waals surface area contributed by atoms with Crippen LogP contribution in [-0.2, 0) is 0 Å². The summed E-state index contributed by atoms with van der Waals surface area (Å²) in [5.41, 5.74) is 1.52. The smallest absolute Gasteiger partial charge is 0.108 e. The minimum atomic E-state index is 0.608. The summed E-state index contributed by atoms with van der Waals surface area (Å²) in [7, 11) is 0. The quantitative estimate of drug-likeness (QED) is 0.632. The molecule has 0 aromatic heterocycles. The Morgan fingerprint density at radius 3 is 2.77 bits per heavy atom. The lowest BCUT2D eigenvalue weighted by Crippen LogP contribution is -2.95. The Labute approximate surface area is 81.2 Å². The van der Waals surface area contributed by atoms with Gasteiger partial charge in [-0.1, -0.05) is 17.7 Å². The number of hydrogen-bond acceptors (Lipinski definition) is 0. The lowest BCUT2D eigenvalue weighted by atomic mass is 9.95. The molecule has 1 rings (SSSR count). The van der Waals surface area contributed by atoms with Crippen LogP contribution in [0, 0.1) is 0 Å². The highest BCUT2D eigenvalue weighted by atomic mass is 15.0. The van der Waals surface area contributed by atoms with Gasteiger partial charge in [-0.3, -0.25) is 0 Å². The monoisotopic (exact) mass is 178 g/mol. The van der Waals surface area contributed by atoms with Gasteiger partial charge in [-0.15, -0.1) is 13.2 Å². The molecule has 1 aliphatic rings. The molecule has 0 aliphatic carbocycles. The van der Waals surface area contributed by atoms with Crippen molar-refractivity contribution in [2.75, 3.05) is 0 Å². The van der Waals surface area contributed by atoms with Crippen molar-refractivity contribution in [1.82, 2.24) is 0 Å². The SMILES string of the molecule is C=CC[C@H]1CC(C)=C[C@@H](CC=C)[NH2+]1. The molecule has 72 valence electrons. The average Bonchev–Trinajstić information content (AvgIpc) is 2.04. The molecule has 1 aliphatic heterocycles. The van der Waals surface area contributed by atoms with Gasteiger partial charge in [0.15, 0.2) is 0 Å². The molecule has 2 N–H and O–H groups in total. The predicted octanol–water partition coefficient (Wildman–Crippen LogP) is 1.79. The molecular formula is C12H20N+. The highest BCUT2D eigenvalue weighted by molar-refractivity contribution is 5.07. The van der Waals surface area contributed by atoms with Gasteiger partial charge in [0.1, 0.15) is 6.04 Å². The summed E-state index contributed by atoms with van der Waals surface area (Å²) in [6, 6.07) is 1.31. The summed E-state index contributed by atoms with van der Waals surface area (Å²) >= 11 is 0. The molecule has 0 radical (unpaired) electrons. The first-order valence-electron chi connectivity index (χ1n) is 5.00. The van der Waals surface area contributed by atoms with Gasteiger partial charge in [-0.05, 0) is 13.0 Å². The summed E-state index contributed by atoms with van der Waals surface area (Å²) in [6.07, 6.45) is 9.77. The molecule has 0 spiro atoms. The molecule has 0 unspecified atom stereocenters. The highest BCUT2D eigenvalue weighted by Crippen LogP contribution is 2.11. The van der Waals surface area contributed by atoms with E-state index >= 15 is 0 Å². The van der Waals surface area contributed by atoms with Crippen LogP contribution in [0.2, 0.25) is 0 Å². The second-order valence-corrected chi connectivity index (χ2v) is 3.88. The van der Waals surface area contributed by atoms with E-state index in [0.29, 0.717) is 12.1 Å². The minimum absolute atomic E-state index is 0.608.